The number of rotatable bonds is 13. The predicted molar refractivity (Wildman–Crippen MR) is 94.2 cm³/mol. The minimum absolute atomic E-state index is 0.0172. The fourth-order valence-electron chi connectivity index (χ4n) is 3.20. The first-order valence-corrected chi connectivity index (χ1v) is 9.08. The first-order chi connectivity index (χ1) is 12.8. The van der Waals surface area contributed by atoms with Crippen molar-refractivity contribution in [2.45, 2.75) is 62.1 Å². The summed E-state index contributed by atoms with van der Waals surface area (Å²) in [5.74, 6) is -2.06. The summed E-state index contributed by atoms with van der Waals surface area (Å²) in [5, 5.41) is 66.6. The monoisotopic (exact) mass is 393 g/mol. The Kier molecular flexibility index (Phi) is 10.7. The summed E-state index contributed by atoms with van der Waals surface area (Å²) in [6.45, 7) is 0.473. The summed E-state index contributed by atoms with van der Waals surface area (Å²) < 4.78 is 0. The average molecular weight is 393 g/mol. The van der Waals surface area contributed by atoms with Crippen molar-refractivity contribution in [2.24, 2.45) is 0 Å². The number of carboxylic acids is 2. The van der Waals surface area contributed by atoms with E-state index in [2.05, 4.69) is 16.0 Å². The van der Waals surface area contributed by atoms with Crippen molar-refractivity contribution in [3.05, 3.63) is 0 Å². The molecular formula is C16H31N3O8. The van der Waals surface area contributed by atoms with Gasteiger partial charge < -0.3 is 46.6 Å². The molecule has 0 radical (unpaired) electrons. The largest absolute Gasteiger partial charge is 0.481 e. The van der Waals surface area contributed by atoms with Gasteiger partial charge in [-0.2, -0.15) is 0 Å². The molecule has 0 saturated heterocycles. The highest BCUT2D eigenvalue weighted by atomic mass is 16.4. The zero-order valence-electron chi connectivity index (χ0n) is 15.1. The van der Waals surface area contributed by atoms with Gasteiger partial charge in [0.05, 0.1) is 49.3 Å². The minimum atomic E-state index is -1.26. The molecule has 158 valence electrons. The lowest BCUT2D eigenvalue weighted by molar-refractivity contribution is -0.137. The van der Waals surface area contributed by atoms with Crippen molar-refractivity contribution in [3.8, 4) is 0 Å². The van der Waals surface area contributed by atoms with Crippen LogP contribution in [0.3, 0.4) is 0 Å². The normalized spacial score (nSPS) is 31.0. The summed E-state index contributed by atoms with van der Waals surface area (Å²) >= 11 is 0. The molecule has 1 aliphatic carbocycles. The van der Waals surface area contributed by atoms with E-state index in [4.69, 9.17) is 15.3 Å². The van der Waals surface area contributed by atoms with Crippen molar-refractivity contribution >= 4 is 11.9 Å². The molecule has 9 N–H and O–H groups in total. The van der Waals surface area contributed by atoms with Crippen LogP contribution in [-0.4, -0.2) is 105 Å². The maximum atomic E-state index is 10.7. The Morgan fingerprint density at radius 2 is 1.04 bits per heavy atom. The van der Waals surface area contributed by atoms with Crippen LogP contribution in [0, 0.1) is 0 Å². The highest BCUT2D eigenvalue weighted by molar-refractivity contribution is 5.67. The third kappa shape index (κ3) is 7.66. The summed E-state index contributed by atoms with van der Waals surface area (Å²) in [5.41, 5.74) is 0. The van der Waals surface area contributed by atoms with E-state index < -0.39 is 48.4 Å². The maximum Gasteiger partial charge on any atom is 0.304 e. The summed E-state index contributed by atoms with van der Waals surface area (Å²) in [7, 11) is 0. The molecular weight excluding hydrogens is 362 g/mol. The zero-order valence-corrected chi connectivity index (χ0v) is 15.1. The van der Waals surface area contributed by atoms with Gasteiger partial charge in [0.15, 0.2) is 0 Å². The number of hydrogen-bond donors (Lipinski definition) is 9. The van der Waals surface area contributed by atoms with E-state index in [9.17, 15) is 24.9 Å². The Balaban J connectivity index is 2.80. The molecule has 1 fully saturated rings. The van der Waals surface area contributed by atoms with E-state index in [1.54, 1.807) is 0 Å². The van der Waals surface area contributed by atoms with Crippen molar-refractivity contribution in [2.75, 3.05) is 26.2 Å². The fraction of sp³-hybridized carbons (Fsp3) is 0.875. The van der Waals surface area contributed by atoms with Gasteiger partial charge in [-0.05, 0) is 19.4 Å². The number of aliphatic hydroxyl groups is 4. The minimum Gasteiger partial charge on any atom is -0.481 e. The first kappa shape index (κ1) is 23.7. The molecule has 0 heterocycles. The second-order valence-electron chi connectivity index (χ2n) is 6.63. The molecule has 27 heavy (non-hydrogen) atoms. The lowest BCUT2D eigenvalue weighted by atomic mass is 9.79. The number of aliphatic carboxylic acids is 2. The number of carboxylic acid groups (broad SMARTS) is 2. The van der Waals surface area contributed by atoms with Gasteiger partial charge in [-0.3, -0.25) is 9.59 Å². The Labute approximate surface area is 157 Å². The van der Waals surface area contributed by atoms with Crippen molar-refractivity contribution in [1.82, 2.24) is 16.0 Å². The topological polar surface area (TPSA) is 192 Å². The van der Waals surface area contributed by atoms with Gasteiger partial charge in [0, 0.05) is 19.7 Å². The SMILES string of the molecule is O=C(O)CCNC1C(O)C(NCCCCO)C(O)C(NCCC(=O)O)C1O. The zero-order chi connectivity index (χ0) is 20.4. The van der Waals surface area contributed by atoms with Crippen LogP contribution >= 0.6 is 0 Å². The van der Waals surface area contributed by atoms with Crippen LogP contribution in [0.1, 0.15) is 25.7 Å². The molecule has 4 atom stereocenters. The molecule has 4 unspecified atom stereocenters. The van der Waals surface area contributed by atoms with Crippen LogP contribution in [0.2, 0.25) is 0 Å². The van der Waals surface area contributed by atoms with Crippen LogP contribution in [-0.2, 0) is 9.59 Å². The van der Waals surface area contributed by atoms with Crippen molar-refractivity contribution < 1.29 is 40.2 Å². The second-order valence-corrected chi connectivity index (χ2v) is 6.63. The summed E-state index contributed by atoms with van der Waals surface area (Å²) in [6, 6.07) is -2.65. The van der Waals surface area contributed by atoms with Crippen molar-refractivity contribution in [1.29, 1.82) is 0 Å². The molecule has 0 bridgehead atoms. The smallest absolute Gasteiger partial charge is 0.304 e. The molecule has 1 saturated carbocycles. The van der Waals surface area contributed by atoms with Crippen LogP contribution in [0.4, 0.5) is 0 Å². The van der Waals surface area contributed by atoms with E-state index >= 15 is 0 Å². The predicted octanol–water partition coefficient (Wildman–Crippen LogP) is -3.32. The number of nitrogens with one attached hydrogen (secondary N) is 3. The molecule has 0 aromatic carbocycles. The standard InChI is InChI=1S/C16H31N3O8/c20-8-2-1-5-17-11-14(25)12(18-6-3-9(21)22)16(27)13(15(11)26)19-7-4-10(23)24/h11-20,25-27H,1-8H2,(H,21,22)(H,23,24). The quantitative estimate of drug-likeness (QED) is 0.142. The van der Waals surface area contributed by atoms with Crippen LogP contribution in [0.5, 0.6) is 0 Å². The molecule has 0 amide bonds. The number of aliphatic hydroxyl groups excluding tert-OH is 4. The maximum absolute atomic E-state index is 10.7. The molecule has 1 aliphatic rings. The number of unbranched alkanes of at least 4 members (excludes halogenated alkanes) is 1. The van der Waals surface area contributed by atoms with Crippen LogP contribution in [0.25, 0.3) is 0 Å². The van der Waals surface area contributed by atoms with Gasteiger partial charge in [-0.1, -0.05) is 0 Å². The third-order valence-electron chi connectivity index (χ3n) is 4.61. The van der Waals surface area contributed by atoms with Gasteiger partial charge in [0.1, 0.15) is 0 Å². The molecule has 0 aromatic heterocycles. The number of carbonyl (C=O) groups is 2. The number of hydrogen-bond acceptors (Lipinski definition) is 9. The van der Waals surface area contributed by atoms with E-state index in [1.807, 2.05) is 0 Å². The summed E-state index contributed by atoms with van der Waals surface area (Å²) in [4.78, 5) is 21.4. The molecule has 11 heteroatoms. The van der Waals surface area contributed by atoms with Gasteiger partial charge >= 0.3 is 11.9 Å². The van der Waals surface area contributed by atoms with E-state index in [-0.39, 0.29) is 32.5 Å². The van der Waals surface area contributed by atoms with Gasteiger partial charge in [0.25, 0.3) is 0 Å². The highest BCUT2D eigenvalue weighted by Gasteiger charge is 2.48. The molecule has 11 nitrogen and oxygen atoms in total. The Bertz CT molecular complexity index is 433. The second kappa shape index (κ2) is 12.2. The third-order valence-corrected chi connectivity index (χ3v) is 4.61. The first-order valence-electron chi connectivity index (χ1n) is 9.08. The van der Waals surface area contributed by atoms with Crippen molar-refractivity contribution in [3.63, 3.8) is 0 Å². The fourth-order valence-corrected chi connectivity index (χ4v) is 3.20. The van der Waals surface area contributed by atoms with Gasteiger partial charge in [-0.25, -0.2) is 0 Å². The van der Waals surface area contributed by atoms with E-state index in [0.717, 1.165) is 0 Å². The van der Waals surface area contributed by atoms with E-state index in [0.29, 0.717) is 19.4 Å². The highest BCUT2D eigenvalue weighted by Crippen LogP contribution is 2.22. The molecule has 1 rings (SSSR count). The Morgan fingerprint density at radius 3 is 1.37 bits per heavy atom. The Hall–Kier alpha value is -1.34. The van der Waals surface area contributed by atoms with E-state index in [1.165, 1.54) is 0 Å². The molecule has 0 aromatic rings. The lowest BCUT2D eigenvalue weighted by Gasteiger charge is -2.47. The molecule has 0 aliphatic heterocycles. The Morgan fingerprint density at radius 1 is 0.667 bits per heavy atom. The molecule has 0 spiro atoms. The van der Waals surface area contributed by atoms with Crippen LogP contribution < -0.4 is 16.0 Å². The van der Waals surface area contributed by atoms with Gasteiger partial charge in [0.2, 0.25) is 0 Å². The van der Waals surface area contributed by atoms with Gasteiger partial charge in [-0.15, -0.1) is 0 Å². The average Bonchev–Trinajstić information content (AvgIpc) is 2.59. The summed E-state index contributed by atoms with van der Waals surface area (Å²) in [6.07, 6.45) is -2.90. The van der Waals surface area contributed by atoms with Crippen LogP contribution in [0.15, 0.2) is 0 Å². The lowest BCUT2D eigenvalue weighted by Crippen LogP contribution is -2.73.